The van der Waals surface area contributed by atoms with E-state index < -0.39 is 0 Å². The maximum Gasteiger partial charge on any atom is 0.166 e. The van der Waals surface area contributed by atoms with Crippen LogP contribution >= 0.6 is 0 Å². The van der Waals surface area contributed by atoms with Crippen LogP contribution in [0.4, 0.5) is 0 Å². The van der Waals surface area contributed by atoms with Crippen LogP contribution in [-0.4, -0.2) is 5.78 Å². The van der Waals surface area contributed by atoms with E-state index in [0.29, 0.717) is 5.78 Å². The molecule has 0 bridgehead atoms. The van der Waals surface area contributed by atoms with Gasteiger partial charge in [-0.05, 0) is 43.4 Å². The number of allylic oxidation sites excluding steroid dienone is 2. The van der Waals surface area contributed by atoms with Crippen LogP contribution in [-0.2, 0) is 12.8 Å². The van der Waals surface area contributed by atoms with E-state index in [0.717, 1.165) is 24.8 Å². The minimum absolute atomic E-state index is 0.179. The number of hydrogen-bond acceptors (Lipinski definition) is 1. The van der Waals surface area contributed by atoms with Crippen LogP contribution in [0.2, 0.25) is 0 Å². The number of rotatable bonds is 3. The molecule has 1 aliphatic rings. The fraction of sp³-hybridized carbons (Fsp3) is 0.400. The summed E-state index contributed by atoms with van der Waals surface area (Å²) in [5.74, 6) is 0.515. The van der Waals surface area contributed by atoms with Gasteiger partial charge in [0.2, 0.25) is 0 Å². The fourth-order valence-corrected chi connectivity index (χ4v) is 2.32. The number of Topliss-reactive ketones (excluding diaryl/α,β-unsaturated/α-hetero) is 1. The van der Waals surface area contributed by atoms with Crippen molar-refractivity contribution in [1.29, 1.82) is 0 Å². The zero-order valence-corrected chi connectivity index (χ0v) is 9.99. The number of benzene rings is 1. The van der Waals surface area contributed by atoms with Gasteiger partial charge in [0, 0.05) is 11.5 Å². The van der Waals surface area contributed by atoms with Crippen molar-refractivity contribution in [3.05, 3.63) is 47.0 Å². The Hall–Kier alpha value is -1.37. The molecule has 0 amide bonds. The molecule has 1 atom stereocenters. The van der Waals surface area contributed by atoms with Crippen molar-refractivity contribution in [3.63, 3.8) is 0 Å². The number of fused-ring (bicyclic) bond motifs is 1. The van der Waals surface area contributed by atoms with Gasteiger partial charge in [-0.2, -0.15) is 0 Å². The first-order chi connectivity index (χ1) is 7.76. The number of carbonyl (C=O) groups excluding carboxylic acids is 1. The van der Waals surface area contributed by atoms with E-state index in [2.05, 4.69) is 31.2 Å². The van der Waals surface area contributed by atoms with Crippen molar-refractivity contribution in [3.8, 4) is 0 Å². The highest BCUT2D eigenvalue weighted by Gasteiger charge is 2.29. The minimum Gasteiger partial charge on any atom is -0.294 e. The molecule has 1 aliphatic carbocycles. The van der Waals surface area contributed by atoms with E-state index in [4.69, 9.17) is 0 Å². The van der Waals surface area contributed by atoms with Gasteiger partial charge in [0.15, 0.2) is 5.78 Å². The van der Waals surface area contributed by atoms with Crippen LogP contribution in [0.1, 0.15) is 41.8 Å². The Morgan fingerprint density at radius 2 is 2.25 bits per heavy atom. The van der Waals surface area contributed by atoms with Crippen LogP contribution < -0.4 is 0 Å². The Morgan fingerprint density at radius 1 is 1.44 bits per heavy atom. The first-order valence-corrected chi connectivity index (χ1v) is 6.03. The second-order valence-electron chi connectivity index (χ2n) is 4.42. The Labute approximate surface area is 97.2 Å². The maximum atomic E-state index is 12.1. The molecule has 0 N–H and O–H groups in total. The average molecular weight is 214 g/mol. The van der Waals surface area contributed by atoms with Crippen molar-refractivity contribution in [2.45, 2.75) is 33.1 Å². The van der Waals surface area contributed by atoms with Gasteiger partial charge in [-0.15, -0.1) is 0 Å². The highest BCUT2D eigenvalue weighted by atomic mass is 16.1. The number of hydrogen-bond donors (Lipinski definition) is 0. The molecule has 0 heterocycles. The maximum absolute atomic E-state index is 12.1. The van der Waals surface area contributed by atoms with Gasteiger partial charge in [0.25, 0.3) is 0 Å². The lowest BCUT2D eigenvalue weighted by Crippen LogP contribution is -2.07. The van der Waals surface area contributed by atoms with Crippen LogP contribution in [0, 0.1) is 5.92 Å². The first kappa shape index (κ1) is 11.1. The van der Waals surface area contributed by atoms with Gasteiger partial charge in [-0.25, -0.2) is 0 Å². The Bertz CT molecular complexity index is 429. The molecule has 1 heteroatoms. The van der Waals surface area contributed by atoms with Crippen LogP contribution in [0.15, 0.2) is 30.4 Å². The van der Waals surface area contributed by atoms with E-state index in [-0.39, 0.29) is 5.92 Å². The topological polar surface area (TPSA) is 17.1 Å². The lowest BCUT2D eigenvalue weighted by Gasteiger charge is -2.02. The van der Waals surface area contributed by atoms with E-state index >= 15 is 0 Å². The number of aryl methyl sites for hydroxylation is 1. The predicted molar refractivity (Wildman–Crippen MR) is 66.8 cm³/mol. The molecule has 0 aromatic heterocycles. The third-order valence-electron chi connectivity index (χ3n) is 3.34. The predicted octanol–water partition coefficient (Wildman–Crippen LogP) is 3.57. The summed E-state index contributed by atoms with van der Waals surface area (Å²) in [7, 11) is 0. The molecule has 1 nitrogen and oxygen atoms in total. The average Bonchev–Trinajstić information content (AvgIpc) is 2.63. The third-order valence-corrected chi connectivity index (χ3v) is 3.34. The summed E-state index contributed by atoms with van der Waals surface area (Å²) in [6, 6.07) is 6.35. The van der Waals surface area contributed by atoms with Crippen LogP contribution in [0.25, 0.3) is 0 Å². The third kappa shape index (κ3) is 1.95. The fourth-order valence-electron chi connectivity index (χ4n) is 2.32. The lowest BCUT2D eigenvalue weighted by atomic mass is 10.0. The largest absolute Gasteiger partial charge is 0.294 e. The van der Waals surface area contributed by atoms with Gasteiger partial charge >= 0.3 is 0 Å². The number of ketones is 1. The number of carbonyl (C=O) groups is 1. The van der Waals surface area contributed by atoms with Crippen molar-refractivity contribution >= 4 is 5.78 Å². The van der Waals surface area contributed by atoms with Crippen LogP contribution in [0.5, 0.6) is 0 Å². The van der Waals surface area contributed by atoms with E-state index in [1.807, 2.05) is 13.0 Å². The second-order valence-corrected chi connectivity index (χ2v) is 4.42. The van der Waals surface area contributed by atoms with E-state index in [1.165, 1.54) is 11.1 Å². The highest BCUT2D eigenvalue weighted by molar-refractivity contribution is 6.02. The summed E-state index contributed by atoms with van der Waals surface area (Å²) in [5, 5.41) is 0. The molecule has 1 aromatic carbocycles. The summed E-state index contributed by atoms with van der Waals surface area (Å²) in [4.78, 5) is 12.1. The van der Waals surface area contributed by atoms with Crippen molar-refractivity contribution < 1.29 is 4.79 Å². The van der Waals surface area contributed by atoms with Crippen molar-refractivity contribution in [2.24, 2.45) is 5.92 Å². The van der Waals surface area contributed by atoms with Crippen molar-refractivity contribution in [2.75, 3.05) is 0 Å². The molecule has 16 heavy (non-hydrogen) atoms. The molecule has 1 aromatic rings. The standard InChI is InChI=1S/C15H18O/c1-3-5-6-13-10-12-8-7-11(4-2)9-14(12)15(13)16/h3,5,7-9,13H,4,6,10H2,1-2H3. The molecule has 0 saturated carbocycles. The highest BCUT2D eigenvalue weighted by Crippen LogP contribution is 2.30. The Kier molecular flexibility index (Phi) is 3.23. The minimum atomic E-state index is 0.179. The lowest BCUT2D eigenvalue weighted by molar-refractivity contribution is 0.0938. The van der Waals surface area contributed by atoms with Gasteiger partial charge in [0.1, 0.15) is 0 Å². The summed E-state index contributed by atoms with van der Waals surface area (Å²) in [6.07, 6.45) is 6.91. The molecule has 0 radical (unpaired) electrons. The summed E-state index contributed by atoms with van der Waals surface area (Å²) in [5.41, 5.74) is 3.46. The Morgan fingerprint density at radius 3 is 2.94 bits per heavy atom. The molecule has 0 aliphatic heterocycles. The molecule has 0 fully saturated rings. The molecule has 84 valence electrons. The summed E-state index contributed by atoms with van der Waals surface area (Å²) in [6.45, 7) is 4.13. The molecule has 1 unspecified atom stereocenters. The molecule has 0 saturated heterocycles. The zero-order chi connectivity index (χ0) is 11.5. The molecular weight excluding hydrogens is 196 g/mol. The van der Waals surface area contributed by atoms with E-state index in [1.54, 1.807) is 0 Å². The molecule has 0 spiro atoms. The van der Waals surface area contributed by atoms with Crippen molar-refractivity contribution in [1.82, 2.24) is 0 Å². The second kappa shape index (κ2) is 4.65. The Balaban J connectivity index is 2.24. The quantitative estimate of drug-likeness (QED) is 0.703. The smallest absolute Gasteiger partial charge is 0.166 e. The van der Waals surface area contributed by atoms with Gasteiger partial charge in [0.05, 0.1) is 0 Å². The zero-order valence-electron chi connectivity index (χ0n) is 9.99. The normalized spacial score (nSPS) is 19.4. The summed E-state index contributed by atoms with van der Waals surface area (Å²) >= 11 is 0. The van der Waals surface area contributed by atoms with Gasteiger partial charge in [-0.3, -0.25) is 4.79 Å². The molecular formula is C15H18O. The summed E-state index contributed by atoms with van der Waals surface area (Å²) < 4.78 is 0. The van der Waals surface area contributed by atoms with Gasteiger partial charge < -0.3 is 0 Å². The van der Waals surface area contributed by atoms with Crippen LogP contribution in [0.3, 0.4) is 0 Å². The SMILES string of the molecule is CC=CCC1Cc2ccc(CC)cc2C1=O. The monoisotopic (exact) mass is 214 g/mol. The molecule has 2 rings (SSSR count). The van der Waals surface area contributed by atoms with Gasteiger partial charge in [-0.1, -0.05) is 31.2 Å². The first-order valence-electron chi connectivity index (χ1n) is 6.03. The van der Waals surface area contributed by atoms with E-state index in [9.17, 15) is 4.79 Å².